The Hall–Kier alpha value is -0.430. The van der Waals surface area contributed by atoms with Crippen molar-refractivity contribution in [2.24, 2.45) is 5.73 Å². The summed E-state index contributed by atoms with van der Waals surface area (Å²) in [4.78, 5) is 0.279. The number of hydrogen-bond donors (Lipinski definition) is 1. The standard InChI is InChI=1S/C9H13BrN2O2S/c1-12(7-6-11)15(13,14)9-4-2-8(10)3-5-9/h2-5H,6-7,11H2,1H3. The molecule has 0 saturated carbocycles. The fourth-order valence-corrected chi connectivity index (χ4v) is 2.54. The molecule has 1 aromatic carbocycles. The molecule has 0 aliphatic rings. The molecule has 0 atom stereocenters. The maximum atomic E-state index is 11.9. The predicted octanol–water partition coefficient (Wildman–Crippen LogP) is 1.03. The SMILES string of the molecule is CN(CCN)S(=O)(=O)c1ccc(Br)cc1. The third-order valence-electron chi connectivity index (χ3n) is 1.97. The van der Waals surface area contributed by atoms with Crippen molar-refractivity contribution in [3.8, 4) is 0 Å². The molecule has 15 heavy (non-hydrogen) atoms. The lowest BCUT2D eigenvalue weighted by Crippen LogP contribution is -2.31. The summed E-state index contributed by atoms with van der Waals surface area (Å²) in [7, 11) is -1.87. The second-order valence-electron chi connectivity index (χ2n) is 3.07. The maximum Gasteiger partial charge on any atom is 0.242 e. The molecule has 1 aromatic rings. The maximum absolute atomic E-state index is 11.9. The van der Waals surface area contributed by atoms with Crippen LogP contribution in [0.15, 0.2) is 33.6 Å². The Bertz CT molecular complexity index is 416. The summed E-state index contributed by atoms with van der Waals surface area (Å²) in [5.74, 6) is 0. The van der Waals surface area contributed by atoms with E-state index >= 15 is 0 Å². The summed E-state index contributed by atoms with van der Waals surface area (Å²) in [6.45, 7) is 0.630. The molecule has 0 saturated heterocycles. The zero-order chi connectivity index (χ0) is 11.5. The summed E-state index contributed by atoms with van der Waals surface area (Å²) < 4.78 is 25.9. The third kappa shape index (κ3) is 3.01. The van der Waals surface area contributed by atoms with Gasteiger partial charge in [-0.1, -0.05) is 15.9 Å². The first-order valence-corrected chi connectivity index (χ1v) is 6.64. The van der Waals surface area contributed by atoms with E-state index in [1.54, 1.807) is 24.3 Å². The van der Waals surface area contributed by atoms with Crippen LogP contribution in [0.2, 0.25) is 0 Å². The smallest absolute Gasteiger partial charge is 0.242 e. The minimum Gasteiger partial charge on any atom is -0.329 e. The van der Waals surface area contributed by atoms with Crippen LogP contribution in [0, 0.1) is 0 Å². The fourth-order valence-electron chi connectivity index (χ4n) is 1.09. The van der Waals surface area contributed by atoms with Gasteiger partial charge in [-0.15, -0.1) is 0 Å². The molecular weight excluding hydrogens is 280 g/mol. The molecule has 0 bridgehead atoms. The van der Waals surface area contributed by atoms with E-state index in [0.29, 0.717) is 13.1 Å². The molecule has 0 fully saturated rings. The van der Waals surface area contributed by atoms with Gasteiger partial charge in [-0.3, -0.25) is 0 Å². The van der Waals surface area contributed by atoms with E-state index in [2.05, 4.69) is 15.9 Å². The first kappa shape index (κ1) is 12.6. The Kier molecular flexibility index (Phi) is 4.27. The number of nitrogens with two attached hydrogens (primary N) is 1. The van der Waals surface area contributed by atoms with Gasteiger partial charge in [0.2, 0.25) is 10.0 Å². The number of likely N-dealkylation sites (N-methyl/N-ethyl adjacent to an activating group) is 1. The molecule has 84 valence electrons. The van der Waals surface area contributed by atoms with Gasteiger partial charge in [0, 0.05) is 24.6 Å². The molecule has 0 aliphatic heterocycles. The summed E-state index contributed by atoms with van der Waals surface area (Å²) >= 11 is 3.25. The van der Waals surface area contributed by atoms with E-state index in [1.807, 2.05) is 0 Å². The topological polar surface area (TPSA) is 63.4 Å². The van der Waals surface area contributed by atoms with Crippen LogP contribution >= 0.6 is 15.9 Å². The van der Waals surface area contributed by atoms with Crippen LogP contribution in [0.4, 0.5) is 0 Å². The van der Waals surface area contributed by atoms with Crippen LogP contribution in [0.25, 0.3) is 0 Å². The summed E-state index contributed by atoms with van der Waals surface area (Å²) in [5, 5.41) is 0. The number of benzene rings is 1. The second kappa shape index (κ2) is 5.07. The molecular formula is C9H13BrN2O2S. The van der Waals surface area contributed by atoms with Gasteiger partial charge in [-0.25, -0.2) is 8.42 Å². The minimum atomic E-state index is -3.39. The van der Waals surface area contributed by atoms with Gasteiger partial charge in [0.1, 0.15) is 0 Å². The molecule has 1 rings (SSSR count). The molecule has 2 N–H and O–H groups in total. The largest absolute Gasteiger partial charge is 0.329 e. The first-order valence-electron chi connectivity index (χ1n) is 4.40. The van der Waals surface area contributed by atoms with Gasteiger partial charge >= 0.3 is 0 Å². The van der Waals surface area contributed by atoms with Crippen LogP contribution in [-0.4, -0.2) is 32.9 Å². The molecule has 0 unspecified atom stereocenters. The van der Waals surface area contributed by atoms with E-state index in [0.717, 1.165) is 4.47 Å². The normalized spacial score (nSPS) is 12.0. The Morgan fingerprint density at radius 2 is 1.87 bits per heavy atom. The van der Waals surface area contributed by atoms with Crippen molar-refractivity contribution < 1.29 is 8.42 Å². The fraction of sp³-hybridized carbons (Fsp3) is 0.333. The zero-order valence-corrected chi connectivity index (χ0v) is 10.8. The van der Waals surface area contributed by atoms with Gasteiger partial charge in [-0.05, 0) is 24.3 Å². The molecule has 4 nitrogen and oxygen atoms in total. The highest BCUT2D eigenvalue weighted by Crippen LogP contribution is 2.17. The number of halogens is 1. The molecule has 0 aliphatic carbocycles. The zero-order valence-electron chi connectivity index (χ0n) is 8.35. The van der Waals surface area contributed by atoms with Gasteiger partial charge in [0.15, 0.2) is 0 Å². The van der Waals surface area contributed by atoms with Gasteiger partial charge in [0.05, 0.1) is 4.90 Å². The quantitative estimate of drug-likeness (QED) is 0.901. The van der Waals surface area contributed by atoms with Crippen molar-refractivity contribution in [3.63, 3.8) is 0 Å². The summed E-state index contributed by atoms with van der Waals surface area (Å²) in [5.41, 5.74) is 5.31. The van der Waals surface area contributed by atoms with Crippen LogP contribution in [0.3, 0.4) is 0 Å². The van der Waals surface area contributed by atoms with Crippen LogP contribution in [0.1, 0.15) is 0 Å². The second-order valence-corrected chi connectivity index (χ2v) is 6.03. The average molecular weight is 293 g/mol. The van der Waals surface area contributed by atoms with Crippen LogP contribution in [-0.2, 0) is 10.0 Å². The number of nitrogens with zero attached hydrogens (tertiary/aromatic N) is 1. The summed E-state index contributed by atoms with van der Waals surface area (Å²) in [6, 6.07) is 6.52. The Balaban J connectivity index is 3.01. The lowest BCUT2D eigenvalue weighted by atomic mass is 10.4. The van der Waals surface area contributed by atoms with Crippen molar-refractivity contribution >= 4 is 26.0 Å². The van der Waals surface area contributed by atoms with E-state index in [1.165, 1.54) is 11.4 Å². The molecule has 0 heterocycles. The number of rotatable bonds is 4. The number of sulfonamides is 1. The highest BCUT2D eigenvalue weighted by atomic mass is 79.9. The average Bonchev–Trinajstić information content (AvgIpc) is 2.18. The molecule has 0 spiro atoms. The first-order chi connectivity index (χ1) is 6.98. The number of hydrogen-bond acceptors (Lipinski definition) is 3. The summed E-state index contributed by atoms with van der Waals surface area (Å²) in [6.07, 6.45) is 0. The highest BCUT2D eigenvalue weighted by molar-refractivity contribution is 9.10. The van der Waals surface area contributed by atoms with Crippen LogP contribution in [0.5, 0.6) is 0 Å². The van der Waals surface area contributed by atoms with Crippen molar-refractivity contribution in [2.75, 3.05) is 20.1 Å². The Labute approximate surface area is 98.3 Å². The molecule has 0 aromatic heterocycles. The van der Waals surface area contributed by atoms with Crippen LogP contribution < -0.4 is 5.73 Å². The minimum absolute atomic E-state index is 0.279. The Morgan fingerprint density at radius 1 is 1.33 bits per heavy atom. The molecule has 0 amide bonds. The van der Waals surface area contributed by atoms with Crippen molar-refractivity contribution in [1.82, 2.24) is 4.31 Å². The Morgan fingerprint density at radius 3 is 2.33 bits per heavy atom. The lowest BCUT2D eigenvalue weighted by Gasteiger charge is -2.15. The van der Waals surface area contributed by atoms with Crippen molar-refractivity contribution in [2.45, 2.75) is 4.90 Å². The van der Waals surface area contributed by atoms with Gasteiger partial charge < -0.3 is 5.73 Å². The van der Waals surface area contributed by atoms with E-state index < -0.39 is 10.0 Å². The van der Waals surface area contributed by atoms with E-state index in [9.17, 15) is 8.42 Å². The van der Waals surface area contributed by atoms with E-state index in [-0.39, 0.29) is 4.90 Å². The lowest BCUT2D eigenvalue weighted by molar-refractivity contribution is 0.476. The van der Waals surface area contributed by atoms with E-state index in [4.69, 9.17) is 5.73 Å². The third-order valence-corrected chi connectivity index (χ3v) is 4.37. The molecule has 6 heteroatoms. The van der Waals surface area contributed by atoms with Crippen molar-refractivity contribution in [3.05, 3.63) is 28.7 Å². The highest BCUT2D eigenvalue weighted by Gasteiger charge is 2.19. The monoisotopic (exact) mass is 292 g/mol. The van der Waals surface area contributed by atoms with Gasteiger partial charge in [-0.2, -0.15) is 4.31 Å². The molecule has 0 radical (unpaired) electrons. The van der Waals surface area contributed by atoms with Crippen molar-refractivity contribution in [1.29, 1.82) is 0 Å². The predicted molar refractivity (Wildman–Crippen MR) is 63.0 cm³/mol. The van der Waals surface area contributed by atoms with Gasteiger partial charge in [0.25, 0.3) is 0 Å².